The normalized spacial score (nSPS) is 17.1. The number of alkyl halides is 3. The molecule has 0 spiro atoms. The lowest BCUT2D eigenvalue weighted by molar-refractivity contribution is -0.137. The van der Waals surface area contributed by atoms with Gasteiger partial charge in [0.05, 0.1) is 11.1 Å². The Kier molecular flexibility index (Phi) is 13.2. The van der Waals surface area contributed by atoms with Gasteiger partial charge < -0.3 is 4.90 Å². The SMILES string of the molecule is CCCC1CCC(CCC)CC1.CCc1cc(F)cc(C(F)(F)F)c1.Cc1nc(N(C)C)c2ccccc2n1. The smallest absolute Gasteiger partial charge is 0.362 e. The molecule has 4 rings (SSSR count). The summed E-state index contributed by atoms with van der Waals surface area (Å²) in [4.78, 5) is 10.8. The van der Waals surface area contributed by atoms with Crippen molar-refractivity contribution in [3.8, 4) is 0 Å². The van der Waals surface area contributed by atoms with Crippen molar-refractivity contribution in [2.45, 2.75) is 91.7 Å². The van der Waals surface area contributed by atoms with E-state index in [1.165, 1.54) is 51.4 Å². The van der Waals surface area contributed by atoms with Crippen molar-refractivity contribution in [1.82, 2.24) is 9.97 Å². The van der Waals surface area contributed by atoms with E-state index in [0.29, 0.717) is 18.1 Å². The molecule has 0 unspecified atom stereocenters. The standard InChI is InChI=1S/C12H24.C11H13N3.C9H8F4/c1-3-5-11-7-9-12(6-4-2)10-8-11;1-8-12-10-7-5-4-6-9(10)11(13-8)14(2)3;1-2-6-3-7(9(11,12)13)5-8(10)4-6/h11-12H,3-10H2,1-2H3;4-7H,1-3H3;3-5H,2H2,1H3. The van der Waals surface area contributed by atoms with Crippen LogP contribution in [0.15, 0.2) is 42.5 Å². The molecule has 0 atom stereocenters. The zero-order valence-electron chi connectivity index (χ0n) is 24.4. The van der Waals surface area contributed by atoms with Crippen LogP contribution in [0.3, 0.4) is 0 Å². The molecule has 0 saturated heterocycles. The highest BCUT2D eigenvalue weighted by molar-refractivity contribution is 5.89. The lowest BCUT2D eigenvalue weighted by Crippen LogP contribution is -2.14. The van der Waals surface area contributed by atoms with Crippen LogP contribution in [0.25, 0.3) is 10.9 Å². The maximum Gasteiger partial charge on any atom is 0.416 e. The molecule has 0 radical (unpaired) electrons. The predicted molar refractivity (Wildman–Crippen MR) is 155 cm³/mol. The third-order valence-corrected chi connectivity index (χ3v) is 7.17. The summed E-state index contributed by atoms with van der Waals surface area (Å²) in [7, 11) is 3.99. The summed E-state index contributed by atoms with van der Waals surface area (Å²) in [6.45, 7) is 8.23. The molecular weight excluding hydrogens is 502 g/mol. The molecule has 0 N–H and O–H groups in total. The van der Waals surface area contributed by atoms with Gasteiger partial charge in [-0.15, -0.1) is 0 Å². The van der Waals surface area contributed by atoms with Gasteiger partial charge in [-0.25, -0.2) is 14.4 Å². The van der Waals surface area contributed by atoms with Crippen LogP contribution in [0.1, 0.15) is 89.1 Å². The summed E-state index contributed by atoms with van der Waals surface area (Å²) >= 11 is 0. The lowest BCUT2D eigenvalue weighted by Gasteiger charge is -2.27. The number of aromatic nitrogens is 2. The first-order valence-corrected chi connectivity index (χ1v) is 14.3. The Labute approximate surface area is 232 Å². The van der Waals surface area contributed by atoms with Crippen molar-refractivity contribution in [2.75, 3.05) is 19.0 Å². The number of aryl methyl sites for hydroxylation is 2. The maximum atomic E-state index is 12.6. The number of fused-ring (bicyclic) bond motifs is 1. The highest BCUT2D eigenvalue weighted by Gasteiger charge is 2.31. The van der Waals surface area contributed by atoms with Crippen LogP contribution in [0.2, 0.25) is 0 Å². The fourth-order valence-electron chi connectivity index (χ4n) is 5.16. The summed E-state index contributed by atoms with van der Waals surface area (Å²) in [6, 6.07) is 10.6. The highest BCUT2D eigenvalue weighted by Crippen LogP contribution is 2.33. The maximum absolute atomic E-state index is 12.6. The Morgan fingerprint density at radius 1 is 0.846 bits per heavy atom. The van der Waals surface area contributed by atoms with E-state index in [1.807, 2.05) is 50.2 Å². The Balaban J connectivity index is 0.000000206. The quantitative estimate of drug-likeness (QED) is 0.288. The van der Waals surface area contributed by atoms with Gasteiger partial charge in [0.15, 0.2) is 0 Å². The first-order valence-electron chi connectivity index (χ1n) is 14.3. The van der Waals surface area contributed by atoms with E-state index in [4.69, 9.17) is 0 Å². The summed E-state index contributed by atoms with van der Waals surface area (Å²) in [5.41, 5.74) is 0.431. The monoisotopic (exact) mass is 547 g/mol. The van der Waals surface area contributed by atoms with Gasteiger partial charge in [0.2, 0.25) is 0 Å². The van der Waals surface area contributed by atoms with E-state index < -0.39 is 17.6 Å². The summed E-state index contributed by atoms with van der Waals surface area (Å²) < 4.78 is 49.0. The van der Waals surface area contributed by atoms with Gasteiger partial charge in [0, 0.05) is 19.5 Å². The van der Waals surface area contributed by atoms with Crippen molar-refractivity contribution >= 4 is 16.7 Å². The van der Waals surface area contributed by atoms with Gasteiger partial charge in [-0.1, -0.05) is 84.3 Å². The zero-order valence-corrected chi connectivity index (χ0v) is 24.4. The minimum Gasteiger partial charge on any atom is -0.362 e. The molecule has 0 aliphatic heterocycles. The topological polar surface area (TPSA) is 29.0 Å². The van der Waals surface area contributed by atoms with Crippen LogP contribution in [0.5, 0.6) is 0 Å². The largest absolute Gasteiger partial charge is 0.416 e. The second-order valence-electron chi connectivity index (χ2n) is 10.7. The van der Waals surface area contributed by atoms with E-state index in [9.17, 15) is 17.6 Å². The summed E-state index contributed by atoms with van der Waals surface area (Å²) in [5, 5.41) is 1.10. The van der Waals surface area contributed by atoms with Gasteiger partial charge in [-0.3, -0.25) is 0 Å². The number of anilines is 1. The fourth-order valence-corrected chi connectivity index (χ4v) is 5.16. The Bertz CT molecular complexity index is 1120. The lowest BCUT2D eigenvalue weighted by atomic mass is 9.78. The predicted octanol–water partition coefficient (Wildman–Crippen LogP) is 9.80. The molecule has 1 aromatic heterocycles. The van der Waals surface area contributed by atoms with Crippen LogP contribution >= 0.6 is 0 Å². The fraction of sp³-hybridized carbons (Fsp3) is 0.562. The molecule has 2 aromatic carbocycles. The van der Waals surface area contributed by atoms with E-state index in [2.05, 4.69) is 23.8 Å². The molecule has 3 aromatic rings. The van der Waals surface area contributed by atoms with Crippen molar-refractivity contribution < 1.29 is 17.6 Å². The number of nitrogens with zero attached hydrogens (tertiary/aromatic N) is 3. The van der Waals surface area contributed by atoms with E-state index >= 15 is 0 Å². The molecule has 1 aliphatic rings. The van der Waals surface area contributed by atoms with Crippen molar-refractivity contribution in [3.63, 3.8) is 0 Å². The first-order chi connectivity index (χ1) is 18.5. The number of halogens is 4. The molecule has 1 heterocycles. The minimum atomic E-state index is -4.47. The van der Waals surface area contributed by atoms with Crippen LogP contribution in [0, 0.1) is 24.6 Å². The number of benzene rings is 2. The number of rotatable bonds is 6. The third kappa shape index (κ3) is 10.8. The third-order valence-electron chi connectivity index (χ3n) is 7.17. The van der Waals surface area contributed by atoms with Crippen LogP contribution in [-0.2, 0) is 12.6 Å². The van der Waals surface area contributed by atoms with Gasteiger partial charge in [-0.05, 0) is 61.1 Å². The van der Waals surface area contributed by atoms with Crippen LogP contribution in [-0.4, -0.2) is 24.1 Å². The Hall–Kier alpha value is -2.70. The molecule has 216 valence electrons. The molecular formula is C32H45F4N3. The second-order valence-corrected chi connectivity index (χ2v) is 10.7. The summed E-state index contributed by atoms with van der Waals surface area (Å²) in [6.07, 6.45) is 7.78. The highest BCUT2D eigenvalue weighted by atomic mass is 19.4. The van der Waals surface area contributed by atoms with Gasteiger partial charge in [0.25, 0.3) is 0 Å². The van der Waals surface area contributed by atoms with Gasteiger partial charge >= 0.3 is 6.18 Å². The zero-order chi connectivity index (χ0) is 29.0. The molecule has 0 bridgehead atoms. The van der Waals surface area contributed by atoms with Crippen molar-refractivity contribution in [1.29, 1.82) is 0 Å². The molecule has 0 amide bonds. The Morgan fingerprint density at radius 3 is 1.90 bits per heavy atom. The van der Waals surface area contributed by atoms with Crippen LogP contribution < -0.4 is 4.90 Å². The molecule has 39 heavy (non-hydrogen) atoms. The minimum absolute atomic E-state index is 0.354. The second kappa shape index (κ2) is 15.8. The molecule has 3 nitrogen and oxygen atoms in total. The van der Waals surface area contributed by atoms with Crippen LogP contribution in [0.4, 0.5) is 23.4 Å². The van der Waals surface area contributed by atoms with Crippen molar-refractivity contribution in [3.05, 3.63) is 65.2 Å². The number of hydrogen-bond acceptors (Lipinski definition) is 3. The summed E-state index contributed by atoms with van der Waals surface area (Å²) in [5.74, 6) is 3.12. The van der Waals surface area contributed by atoms with Gasteiger partial charge in [0.1, 0.15) is 17.5 Å². The van der Waals surface area contributed by atoms with Crippen molar-refractivity contribution in [2.24, 2.45) is 11.8 Å². The molecule has 1 aliphatic carbocycles. The average Bonchev–Trinajstić information content (AvgIpc) is 2.89. The number of hydrogen-bond donors (Lipinski definition) is 0. The van der Waals surface area contributed by atoms with E-state index in [1.54, 1.807) is 6.92 Å². The average molecular weight is 548 g/mol. The Morgan fingerprint density at radius 2 is 1.41 bits per heavy atom. The molecule has 1 saturated carbocycles. The first kappa shape index (κ1) is 32.5. The molecule has 1 fully saturated rings. The van der Waals surface area contributed by atoms with E-state index in [0.717, 1.165) is 46.5 Å². The van der Waals surface area contributed by atoms with Gasteiger partial charge in [-0.2, -0.15) is 13.2 Å². The number of para-hydroxylation sites is 1. The van der Waals surface area contributed by atoms with E-state index in [-0.39, 0.29) is 0 Å². The molecule has 7 heteroatoms.